The number of aromatic nitrogens is 1. The molecule has 1 aliphatic carbocycles. The van der Waals surface area contributed by atoms with E-state index < -0.39 is 9.84 Å². The van der Waals surface area contributed by atoms with Gasteiger partial charge in [0.25, 0.3) is 0 Å². The highest BCUT2D eigenvalue weighted by atomic mass is 32.2. The molecule has 0 radical (unpaired) electrons. The Morgan fingerprint density at radius 1 is 1.09 bits per heavy atom. The lowest BCUT2D eigenvalue weighted by atomic mass is 9.88. The number of sulfone groups is 1. The van der Waals surface area contributed by atoms with Crippen LogP contribution in [0.2, 0.25) is 0 Å². The molecule has 1 unspecified atom stereocenters. The minimum Gasteiger partial charge on any atom is -0.317 e. The van der Waals surface area contributed by atoms with Gasteiger partial charge < -0.3 is 5.32 Å². The molecule has 1 aliphatic rings. The molecule has 2 aromatic carbocycles. The number of thiophene rings is 1. The zero-order valence-corrected chi connectivity index (χ0v) is 20.7. The molecule has 1 atom stereocenters. The zero-order chi connectivity index (χ0) is 23.0. The van der Waals surface area contributed by atoms with Crippen molar-refractivity contribution < 1.29 is 13.2 Å². The number of amides is 1. The standard InChI is InChI=1S/C25H24N2O3S3/c1-16-11-12-18-21(15-16)32-25(23(18)24-26-19-9-5-6-10-20(19)31-24)27-22(28)13-14-33(29,30)17-7-3-2-4-8-17/h2-10,16H,11-15H2,1H3,(H,27,28). The number of para-hydroxylation sites is 1. The van der Waals surface area contributed by atoms with Gasteiger partial charge in [0.1, 0.15) is 10.0 Å². The normalized spacial score (nSPS) is 16.0. The predicted octanol–water partition coefficient (Wildman–Crippen LogP) is 5.95. The smallest absolute Gasteiger partial charge is 0.226 e. The first kappa shape index (κ1) is 22.3. The van der Waals surface area contributed by atoms with Crippen LogP contribution in [0.25, 0.3) is 20.8 Å². The van der Waals surface area contributed by atoms with E-state index in [0.29, 0.717) is 5.92 Å². The first-order valence-electron chi connectivity index (χ1n) is 11.0. The zero-order valence-electron chi connectivity index (χ0n) is 18.2. The maximum absolute atomic E-state index is 12.8. The summed E-state index contributed by atoms with van der Waals surface area (Å²) >= 11 is 3.25. The molecule has 0 bridgehead atoms. The number of carbonyl (C=O) groups excluding carboxylic acids is 1. The minimum absolute atomic E-state index is 0.0878. The van der Waals surface area contributed by atoms with Crippen LogP contribution in [-0.2, 0) is 27.5 Å². The number of anilines is 1. The van der Waals surface area contributed by atoms with Crippen molar-refractivity contribution in [1.29, 1.82) is 0 Å². The summed E-state index contributed by atoms with van der Waals surface area (Å²) in [7, 11) is -3.50. The Kier molecular flexibility index (Phi) is 6.07. The molecule has 8 heteroatoms. The second-order valence-corrected chi connectivity index (χ2v) is 12.7. The molecule has 2 aromatic heterocycles. The third-order valence-electron chi connectivity index (χ3n) is 5.97. The van der Waals surface area contributed by atoms with Gasteiger partial charge in [-0.25, -0.2) is 13.4 Å². The average molecular weight is 497 g/mol. The molecule has 0 saturated heterocycles. The van der Waals surface area contributed by atoms with E-state index in [1.165, 1.54) is 10.4 Å². The number of hydrogen-bond donors (Lipinski definition) is 1. The van der Waals surface area contributed by atoms with E-state index in [-0.39, 0.29) is 23.0 Å². The largest absolute Gasteiger partial charge is 0.317 e. The first-order chi connectivity index (χ1) is 15.9. The van der Waals surface area contributed by atoms with Gasteiger partial charge in [0, 0.05) is 16.9 Å². The third kappa shape index (κ3) is 4.60. The fraction of sp³-hybridized carbons (Fsp3) is 0.280. The van der Waals surface area contributed by atoms with Gasteiger partial charge >= 0.3 is 0 Å². The molecule has 33 heavy (non-hydrogen) atoms. The van der Waals surface area contributed by atoms with Gasteiger partial charge in [0.05, 0.1) is 20.9 Å². The number of benzene rings is 2. The third-order valence-corrected chi connectivity index (χ3v) is 9.93. The molecule has 1 amide bonds. The second-order valence-electron chi connectivity index (χ2n) is 8.47. The lowest BCUT2D eigenvalue weighted by molar-refractivity contribution is -0.115. The number of thiazole rings is 1. The molecule has 1 N–H and O–H groups in total. The molecule has 0 saturated carbocycles. The van der Waals surface area contributed by atoms with E-state index in [1.54, 1.807) is 53.0 Å². The molecule has 2 heterocycles. The van der Waals surface area contributed by atoms with Crippen molar-refractivity contribution in [3.05, 3.63) is 65.0 Å². The van der Waals surface area contributed by atoms with Gasteiger partial charge in [-0.05, 0) is 55.0 Å². The van der Waals surface area contributed by atoms with Crippen LogP contribution < -0.4 is 5.32 Å². The Labute approximate surface area is 201 Å². The lowest BCUT2D eigenvalue weighted by Gasteiger charge is -2.18. The highest BCUT2D eigenvalue weighted by Gasteiger charge is 2.27. The van der Waals surface area contributed by atoms with E-state index in [4.69, 9.17) is 4.98 Å². The van der Waals surface area contributed by atoms with E-state index in [9.17, 15) is 13.2 Å². The number of fused-ring (bicyclic) bond motifs is 2. The van der Waals surface area contributed by atoms with Crippen molar-refractivity contribution in [3.63, 3.8) is 0 Å². The molecule has 0 spiro atoms. The van der Waals surface area contributed by atoms with Gasteiger partial charge in [0.2, 0.25) is 5.91 Å². The van der Waals surface area contributed by atoms with Crippen LogP contribution in [0.1, 0.15) is 30.2 Å². The van der Waals surface area contributed by atoms with Gasteiger partial charge in [-0.3, -0.25) is 4.79 Å². The summed E-state index contributed by atoms with van der Waals surface area (Å²) in [5, 5.41) is 4.73. The Balaban J connectivity index is 1.42. The van der Waals surface area contributed by atoms with Crippen LogP contribution in [-0.4, -0.2) is 25.1 Å². The van der Waals surface area contributed by atoms with Crippen LogP contribution >= 0.6 is 22.7 Å². The summed E-state index contributed by atoms with van der Waals surface area (Å²) in [5.41, 5.74) is 3.25. The molecule has 170 valence electrons. The van der Waals surface area contributed by atoms with Crippen molar-refractivity contribution >= 4 is 53.6 Å². The SMILES string of the molecule is CC1CCc2c(sc(NC(=O)CCS(=O)(=O)c3ccccc3)c2-c2nc3ccccc3s2)C1. The fourth-order valence-electron chi connectivity index (χ4n) is 4.21. The number of rotatable bonds is 6. The number of hydrogen-bond acceptors (Lipinski definition) is 6. The van der Waals surface area contributed by atoms with Crippen LogP contribution in [0.4, 0.5) is 5.00 Å². The van der Waals surface area contributed by atoms with Crippen LogP contribution in [0, 0.1) is 5.92 Å². The van der Waals surface area contributed by atoms with Crippen molar-refractivity contribution in [3.8, 4) is 10.6 Å². The van der Waals surface area contributed by atoms with E-state index in [2.05, 4.69) is 18.3 Å². The minimum atomic E-state index is -3.50. The van der Waals surface area contributed by atoms with Crippen molar-refractivity contribution in [2.24, 2.45) is 5.92 Å². The van der Waals surface area contributed by atoms with Crippen molar-refractivity contribution in [1.82, 2.24) is 4.98 Å². The van der Waals surface area contributed by atoms with Crippen LogP contribution in [0.5, 0.6) is 0 Å². The quantitative estimate of drug-likeness (QED) is 0.358. The van der Waals surface area contributed by atoms with Gasteiger partial charge in [-0.15, -0.1) is 22.7 Å². The summed E-state index contributed by atoms with van der Waals surface area (Å²) in [4.78, 5) is 19.2. The number of carbonyl (C=O) groups is 1. The fourth-order valence-corrected chi connectivity index (χ4v) is 8.01. The number of nitrogens with one attached hydrogen (secondary N) is 1. The molecule has 4 aromatic rings. The molecule has 5 rings (SSSR count). The lowest BCUT2D eigenvalue weighted by Crippen LogP contribution is -2.17. The van der Waals surface area contributed by atoms with E-state index >= 15 is 0 Å². The molecular formula is C25H24N2O3S3. The summed E-state index contributed by atoms with van der Waals surface area (Å²) < 4.78 is 26.3. The summed E-state index contributed by atoms with van der Waals surface area (Å²) in [6, 6.07) is 16.3. The Morgan fingerprint density at radius 2 is 1.85 bits per heavy atom. The summed E-state index contributed by atoms with van der Waals surface area (Å²) in [5.74, 6) is 0.101. The summed E-state index contributed by atoms with van der Waals surface area (Å²) in [6.45, 7) is 2.26. The van der Waals surface area contributed by atoms with Gasteiger partial charge in [-0.2, -0.15) is 0 Å². The van der Waals surface area contributed by atoms with Crippen molar-refractivity contribution in [2.45, 2.75) is 37.5 Å². The topological polar surface area (TPSA) is 76.1 Å². The Morgan fingerprint density at radius 3 is 2.64 bits per heavy atom. The predicted molar refractivity (Wildman–Crippen MR) is 136 cm³/mol. The molecular weight excluding hydrogens is 472 g/mol. The van der Waals surface area contributed by atoms with E-state index in [0.717, 1.165) is 45.1 Å². The molecule has 0 aliphatic heterocycles. The highest BCUT2D eigenvalue weighted by molar-refractivity contribution is 7.91. The second kappa shape index (κ2) is 9.00. The molecule has 0 fully saturated rings. The first-order valence-corrected chi connectivity index (χ1v) is 14.3. The van der Waals surface area contributed by atoms with Gasteiger partial charge in [-0.1, -0.05) is 37.3 Å². The summed E-state index contributed by atoms with van der Waals surface area (Å²) in [6.07, 6.45) is 2.99. The maximum atomic E-state index is 12.8. The van der Waals surface area contributed by atoms with E-state index in [1.807, 2.05) is 18.2 Å². The average Bonchev–Trinajstić information content (AvgIpc) is 3.38. The Hall–Kier alpha value is -2.55. The highest BCUT2D eigenvalue weighted by Crippen LogP contribution is 2.47. The monoisotopic (exact) mass is 496 g/mol. The number of nitrogens with zero attached hydrogens (tertiary/aromatic N) is 1. The van der Waals surface area contributed by atoms with Crippen LogP contribution in [0.3, 0.4) is 0 Å². The van der Waals surface area contributed by atoms with Crippen LogP contribution in [0.15, 0.2) is 59.5 Å². The molecule has 5 nitrogen and oxygen atoms in total. The van der Waals surface area contributed by atoms with Gasteiger partial charge in [0.15, 0.2) is 9.84 Å². The maximum Gasteiger partial charge on any atom is 0.226 e. The Bertz CT molecular complexity index is 1390. The van der Waals surface area contributed by atoms with Crippen molar-refractivity contribution in [2.75, 3.05) is 11.1 Å².